The number of carbonyl (C=O) groups is 3. The van der Waals surface area contributed by atoms with Gasteiger partial charge in [0.2, 0.25) is 5.91 Å². The van der Waals surface area contributed by atoms with Crippen LogP contribution in [0.25, 0.3) is 0 Å². The number of carbonyl (C=O) groups excluding carboxylic acids is 3. The van der Waals surface area contributed by atoms with Crippen LogP contribution in [0.15, 0.2) is 54.6 Å². The molecule has 0 aliphatic carbocycles. The Kier molecular flexibility index (Phi) is 6.26. The van der Waals surface area contributed by atoms with Gasteiger partial charge in [0, 0.05) is 6.54 Å². The van der Waals surface area contributed by atoms with Gasteiger partial charge >= 0.3 is 6.03 Å². The number of imide groups is 1. The average Bonchev–Trinajstić information content (AvgIpc) is 2.99. The molecule has 0 saturated carbocycles. The average molecular weight is 381 g/mol. The van der Waals surface area contributed by atoms with Crippen molar-refractivity contribution in [2.45, 2.75) is 25.4 Å². The van der Waals surface area contributed by atoms with Crippen LogP contribution >= 0.6 is 0 Å². The third-order valence-corrected chi connectivity index (χ3v) is 4.60. The van der Waals surface area contributed by atoms with Crippen LogP contribution in [-0.4, -0.2) is 42.4 Å². The fourth-order valence-electron chi connectivity index (χ4n) is 3.06. The van der Waals surface area contributed by atoms with Gasteiger partial charge in [0.25, 0.3) is 5.91 Å². The number of nitrogens with one attached hydrogen (secondary N) is 2. The van der Waals surface area contributed by atoms with Crippen molar-refractivity contribution in [2.75, 3.05) is 13.7 Å². The van der Waals surface area contributed by atoms with E-state index >= 15 is 0 Å². The van der Waals surface area contributed by atoms with Crippen LogP contribution < -0.4 is 15.4 Å². The monoisotopic (exact) mass is 381 g/mol. The Bertz CT molecular complexity index is 854. The number of urea groups is 1. The summed E-state index contributed by atoms with van der Waals surface area (Å²) < 4.78 is 5.15. The molecule has 0 bridgehead atoms. The molecule has 1 unspecified atom stereocenters. The number of rotatable bonds is 8. The highest BCUT2D eigenvalue weighted by atomic mass is 16.5. The number of amides is 4. The van der Waals surface area contributed by atoms with Crippen molar-refractivity contribution in [1.82, 2.24) is 15.5 Å². The Morgan fingerprint density at radius 2 is 1.86 bits per heavy atom. The Hall–Kier alpha value is -3.35. The molecule has 7 nitrogen and oxygen atoms in total. The van der Waals surface area contributed by atoms with Crippen molar-refractivity contribution in [3.63, 3.8) is 0 Å². The van der Waals surface area contributed by atoms with E-state index in [0.717, 1.165) is 16.0 Å². The molecular weight excluding hydrogens is 358 g/mol. The summed E-state index contributed by atoms with van der Waals surface area (Å²) >= 11 is 0. The van der Waals surface area contributed by atoms with Crippen LogP contribution in [0.5, 0.6) is 5.75 Å². The minimum Gasteiger partial charge on any atom is -0.497 e. The zero-order chi connectivity index (χ0) is 19.9. The predicted molar refractivity (Wildman–Crippen MR) is 104 cm³/mol. The molecule has 0 spiro atoms. The molecule has 146 valence electrons. The maximum atomic E-state index is 12.5. The van der Waals surface area contributed by atoms with Crippen LogP contribution in [0, 0.1) is 0 Å². The van der Waals surface area contributed by atoms with Crippen molar-refractivity contribution in [3.8, 4) is 5.75 Å². The number of nitrogens with zero attached hydrogens (tertiary/aromatic N) is 1. The summed E-state index contributed by atoms with van der Waals surface area (Å²) in [5.74, 6) is -0.0606. The molecule has 2 aromatic carbocycles. The number of methoxy groups -OCH3 is 1. The molecule has 4 amide bonds. The molecule has 1 fully saturated rings. The summed E-state index contributed by atoms with van der Waals surface area (Å²) in [6, 6.07) is 15.9. The zero-order valence-corrected chi connectivity index (χ0v) is 15.7. The highest BCUT2D eigenvalue weighted by Crippen LogP contribution is 2.14. The first kappa shape index (κ1) is 19.4. The molecule has 1 heterocycles. The quantitative estimate of drug-likeness (QED) is 0.684. The SMILES string of the molecule is COc1cccc(CNC(=O)CN2C(=O)NC(CCc3ccccc3)C2=O)c1. The molecule has 28 heavy (non-hydrogen) atoms. The summed E-state index contributed by atoms with van der Waals surface area (Å²) in [7, 11) is 1.57. The maximum Gasteiger partial charge on any atom is 0.325 e. The molecule has 2 aromatic rings. The fourth-order valence-corrected chi connectivity index (χ4v) is 3.06. The lowest BCUT2D eigenvalue weighted by molar-refractivity contribution is -0.132. The fraction of sp³-hybridized carbons (Fsp3) is 0.286. The van der Waals surface area contributed by atoms with Gasteiger partial charge in [-0.2, -0.15) is 0 Å². The second-order valence-electron chi connectivity index (χ2n) is 6.58. The van der Waals surface area contributed by atoms with Crippen LogP contribution in [0.4, 0.5) is 4.79 Å². The summed E-state index contributed by atoms with van der Waals surface area (Å²) in [4.78, 5) is 37.7. The minimum absolute atomic E-state index is 0.289. The number of ether oxygens (including phenoxy) is 1. The van der Waals surface area contributed by atoms with Gasteiger partial charge in [-0.3, -0.25) is 14.5 Å². The molecule has 1 saturated heterocycles. The zero-order valence-electron chi connectivity index (χ0n) is 15.7. The molecular formula is C21H23N3O4. The van der Waals surface area contributed by atoms with Gasteiger partial charge in [0.05, 0.1) is 7.11 Å². The van der Waals surface area contributed by atoms with Crippen molar-refractivity contribution < 1.29 is 19.1 Å². The van der Waals surface area contributed by atoms with Crippen LogP contribution in [0.3, 0.4) is 0 Å². The van der Waals surface area contributed by atoms with Crippen LogP contribution in [-0.2, 0) is 22.6 Å². The Balaban J connectivity index is 1.49. The Labute approximate surface area is 163 Å². The normalized spacial score (nSPS) is 16.0. The molecule has 0 radical (unpaired) electrons. The van der Waals surface area contributed by atoms with E-state index < -0.39 is 18.0 Å². The summed E-state index contributed by atoms with van der Waals surface area (Å²) in [5.41, 5.74) is 1.96. The molecule has 2 N–H and O–H groups in total. The van der Waals surface area contributed by atoms with Crippen LogP contribution in [0.1, 0.15) is 17.5 Å². The smallest absolute Gasteiger partial charge is 0.325 e. The van der Waals surface area contributed by atoms with Gasteiger partial charge < -0.3 is 15.4 Å². The van der Waals surface area contributed by atoms with E-state index in [1.807, 2.05) is 54.6 Å². The number of hydrogen-bond donors (Lipinski definition) is 2. The first-order valence-corrected chi connectivity index (χ1v) is 9.12. The first-order valence-electron chi connectivity index (χ1n) is 9.12. The molecule has 3 rings (SSSR count). The Morgan fingerprint density at radius 1 is 1.11 bits per heavy atom. The van der Waals surface area contributed by atoms with E-state index in [2.05, 4.69) is 10.6 Å². The predicted octanol–water partition coefficient (Wildman–Crippen LogP) is 1.86. The lowest BCUT2D eigenvalue weighted by atomic mass is 10.1. The second-order valence-corrected chi connectivity index (χ2v) is 6.58. The van der Waals surface area contributed by atoms with Crippen molar-refractivity contribution in [2.24, 2.45) is 0 Å². The highest BCUT2D eigenvalue weighted by Gasteiger charge is 2.38. The third kappa shape index (κ3) is 4.88. The molecule has 1 atom stereocenters. The standard InChI is InChI=1S/C21H23N3O4/c1-28-17-9-5-8-16(12-17)13-22-19(25)14-24-20(26)18(23-21(24)27)11-10-15-6-3-2-4-7-15/h2-9,12,18H,10-11,13-14H2,1H3,(H,22,25)(H,23,27). The van der Waals surface area contributed by atoms with Gasteiger partial charge in [0.1, 0.15) is 18.3 Å². The van der Waals surface area contributed by atoms with Gasteiger partial charge in [0.15, 0.2) is 0 Å². The van der Waals surface area contributed by atoms with Gasteiger partial charge in [-0.25, -0.2) is 4.79 Å². The number of aryl methyl sites for hydroxylation is 1. The molecule has 7 heteroatoms. The van der Waals surface area contributed by atoms with E-state index in [1.54, 1.807) is 7.11 Å². The van der Waals surface area contributed by atoms with E-state index in [1.165, 1.54) is 0 Å². The summed E-state index contributed by atoms with van der Waals surface area (Å²) in [5, 5.41) is 5.38. The molecule has 0 aromatic heterocycles. The molecule has 1 aliphatic rings. The topological polar surface area (TPSA) is 87.7 Å². The van der Waals surface area contributed by atoms with Crippen molar-refractivity contribution in [3.05, 3.63) is 65.7 Å². The van der Waals surface area contributed by atoms with Crippen LogP contribution in [0.2, 0.25) is 0 Å². The summed E-state index contributed by atoms with van der Waals surface area (Å²) in [6.07, 6.45) is 1.17. The van der Waals surface area contributed by atoms with Crippen molar-refractivity contribution in [1.29, 1.82) is 0 Å². The minimum atomic E-state index is -0.598. The maximum absolute atomic E-state index is 12.5. The molecule has 1 aliphatic heterocycles. The van der Waals surface area contributed by atoms with Gasteiger partial charge in [-0.1, -0.05) is 42.5 Å². The Morgan fingerprint density at radius 3 is 2.61 bits per heavy atom. The van der Waals surface area contributed by atoms with Gasteiger partial charge in [-0.05, 0) is 36.1 Å². The number of hydrogen-bond acceptors (Lipinski definition) is 4. The van der Waals surface area contributed by atoms with E-state index in [-0.39, 0.29) is 19.0 Å². The van der Waals surface area contributed by atoms with Gasteiger partial charge in [-0.15, -0.1) is 0 Å². The lowest BCUT2D eigenvalue weighted by Gasteiger charge is -2.13. The van der Waals surface area contributed by atoms with E-state index in [9.17, 15) is 14.4 Å². The van der Waals surface area contributed by atoms with E-state index in [4.69, 9.17) is 4.74 Å². The van der Waals surface area contributed by atoms with Crippen molar-refractivity contribution >= 4 is 17.8 Å². The second kappa shape index (κ2) is 9.03. The third-order valence-electron chi connectivity index (χ3n) is 4.60. The first-order chi connectivity index (χ1) is 13.6. The lowest BCUT2D eigenvalue weighted by Crippen LogP contribution is -2.41. The largest absolute Gasteiger partial charge is 0.497 e. The number of benzene rings is 2. The van der Waals surface area contributed by atoms with E-state index in [0.29, 0.717) is 18.6 Å². The highest BCUT2D eigenvalue weighted by molar-refractivity contribution is 6.06. The summed E-state index contributed by atoms with van der Waals surface area (Å²) in [6.45, 7) is -0.00636.